The van der Waals surface area contributed by atoms with Gasteiger partial charge in [-0.1, -0.05) is 60.8 Å². The Bertz CT molecular complexity index is 927. The first kappa shape index (κ1) is 18.1. The number of carbonyl (C=O) groups excluding carboxylic acids is 1. The molecule has 1 fully saturated rings. The monoisotopic (exact) mass is 380 g/mol. The minimum atomic E-state index is 0.0161. The Labute approximate surface area is 165 Å². The number of nitrogens with one attached hydrogen (secondary N) is 2. The fourth-order valence-corrected chi connectivity index (χ4v) is 4.56. The first-order valence-electron chi connectivity index (χ1n) is 9.79. The number of aromatic amines is 1. The van der Waals surface area contributed by atoms with Gasteiger partial charge in [0, 0.05) is 41.0 Å². The summed E-state index contributed by atoms with van der Waals surface area (Å²) in [5.41, 5.74) is 3.31. The summed E-state index contributed by atoms with van der Waals surface area (Å²) in [6.07, 6.45) is 7.57. The predicted octanol–water partition coefficient (Wildman–Crippen LogP) is 5.65. The van der Waals surface area contributed by atoms with Gasteiger partial charge in [0.2, 0.25) is 5.91 Å². The Morgan fingerprint density at radius 3 is 2.63 bits per heavy atom. The van der Waals surface area contributed by atoms with Crippen LogP contribution in [0.2, 0.25) is 5.02 Å². The molecule has 1 heterocycles. The zero-order valence-corrected chi connectivity index (χ0v) is 16.1. The van der Waals surface area contributed by atoms with E-state index in [1.165, 1.54) is 36.6 Å². The molecule has 0 unspecified atom stereocenters. The van der Waals surface area contributed by atoms with E-state index in [4.69, 9.17) is 11.6 Å². The minimum absolute atomic E-state index is 0.0161. The lowest BCUT2D eigenvalue weighted by Gasteiger charge is -2.20. The molecule has 0 spiro atoms. The number of carbonyl (C=O) groups is 1. The van der Waals surface area contributed by atoms with Gasteiger partial charge in [0.05, 0.1) is 0 Å². The fraction of sp³-hybridized carbons (Fsp3) is 0.348. The van der Waals surface area contributed by atoms with Gasteiger partial charge >= 0.3 is 0 Å². The van der Waals surface area contributed by atoms with E-state index in [-0.39, 0.29) is 11.8 Å². The highest BCUT2D eigenvalue weighted by Crippen LogP contribution is 2.34. The standard InChI is InChI=1S/C23H25ClN2O/c24-21-11-5-3-9-17(21)19(15-26-23(27)13-16-7-1-2-8-16)20-14-25-22-12-6-4-10-18(20)22/h3-6,9-12,14,16,19,25H,1-2,7-8,13,15H2,(H,26,27)/t19-/m0/s1. The van der Waals surface area contributed by atoms with Crippen LogP contribution in [0.3, 0.4) is 0 Å². The van der Waals surface area contributed by atoms with Gasteiger partial charge in [-0.2, -0.15) is 0 Å². The van der Waals surface area contributed by atoms with Crippen LogP contribution in [0.5, 0.6) is 0 Å². The summed E-state index contributed by atoms with van der Waals surface area (Å²) < 4.78 is 0. The number of para-hydroxylation sites is 1. The Balaban J connectivity index is 1.59. The van der Waals surface area contributed by atoms with Crippen molar-refractivity contribution in [2.75, 3.05) is 6.54 Å². The Hall–Kier alpha value is -2.26. The maximum atomic E-state index is 12.5. The summed E-state index contributed by atoms with van der Waals surface area (Å²) in [4.78, 5) is 15.8. The highest BCUT2D eigenvalue weighted by atomic mass is 35.5. The van der Waals surface area contributed by atoms with Crippen LogP contribution in [0.4, 0.5) is 0 Å². The third kappa shape index (κ3) is 4.03. The molecule has 0 saturated heterocycles. The van der Waals surface area contributed by atoms with E-state index in [0.29, 0.717) is 18.9 Å². The van der Waals surface area contributed by atoms with Gasteiger partial charge in [-0.25, -0.2) is 0 Å². The zero-order chi connectivity index (χ0) is 18.6. The van der Waals surface area contributed by atoms with E-state index >= 15 is 0 Å². The van der Waals surface area contributed by atoms with Crippen molar-refractivity contribution in [3.05, 3.63) is 70.9 Å². The van der Waals surface area contributed by atoms with Crippen LogP contribution in [0, 0.1) is 5.92 Å². The summed E-state index contributed by atoms with van der Waals surface area (Å²) in [6, 6.07) is 16.2. The van der Waals surface area contributed by atoms with Gasteiger partial charge in [-0.3, -0.25) is 4.79 Å². The van der Waals surface area contributed by atoms with Crippen LogP contribution >= 0.6 is 11.6 Å². The SMILES string of the molecule is O=C(CC1CCCC1)NC[C@@H](c1ccccc1Cl)c1c[nH]c2ccccc12. The smallest absolute Gasteiger partial charge is 0.220 e. The maximum Gasteiger partial charge on any atom is 0.220 e. The lowest BCUT2D eigenvalue weighted by atomic mass is 9.90. The number of benzene rings is 2. The van der Waals surface area contributed by atoms with E-state index in [2.05, 4.69) is 28.5 Å². The van der Waals surface area contributed by atoms with E-state index in [1.807, 2.05) is 36.5 Å². The first-order chi connectivity index (χ1) is 13.2. The van der Waals surface area contributed by atoms with Crippen LogP contribution < -0.4 is 5.32 Å². The molecule has 0 radical (unpaired) electrons. The lowest BCUT2D eigenvalue weighted by molar-refractivity contribution is -0.122. The molecule has 2 aromatic carbocycles. The third-order valence-electron chi connectivity index (χ3n) is 5.73. The van der Waals surface area contributed by atoms with Crippen molar-refractivity contribution in [3.8, 4) is 0 Å². The van der Waals surface area contributed by atoms with Gasteiger partial charge < -0.3 is 10.3 Å². The first-order valence-corrected chi connectivity index (χ1v) is 10.2. The molecule has 140 valence electrons. The van der Waals surface area contributed by atoms with Gasteiger partial charge in [0.1, 0.15) is 0 Å². The number of halogens is 1. The zero-order valence-electron chi connectivity index (χ0n) is 15.4. The molecule has 1 aliphatic carbocycles. The molecule has 27 heavy (non-hydrogen) atoms. The highest BCUT2D eigenvalue weighted by Gasteiger charge is 2.23. The second-order valence-corrected chi connectivity index (χ2v) is 7.93. The van der Waals surface area contributed by atoms with Crippen LogP contribution in [-0.4, -0.2) is 17.4 Å². The Kier molecular flexibility index (Phi) is 5.49. The lowest BCUT2D eigenvalue weighted by Crippen LogP contribution is -2.30. The Morgan fingerprint density at radius 1 is 1.07 bits per heavy atom. The summed E-state index contributed by atoms with van der Waals surface area (Å²) in [6.45, 7) is 0.553. The molecule has 0 aliphatic heterocycles. The molecule has 3 aromatic rings. The van der Waals surface area contributed by atoms with Crippen LogP contribution in [0.15, 0.2) is 54.7 Å². The van der Waals surface area contributed by atoms with Crippen molar-refractivity contribution < 1.29 is 4.79 Å². The molecule has 1 saturated carbocycles. The molecule has 2 N–H and O–H groups in total. The highest BCUT2D eigenvalue weighted by molar-refractivity contribution is 6.31. The molecule has 4 rings (SSSR count). The number of aromatic nitrogens is 1. The Morgan fingerprint density at radius 2 is 1.81 bits per heavy atom. The van der Waals surface area contributed by atoms with Gasteiger partial charge in [-0.15, -0.1) is 0 Å². The molecule has 1 aliphatic rings. The summed E-state index contributed by atoms with van der Waals surface area (Å²) in [5.74, 6) is 0.720. The molecular formula is C23H25ClN2O. The normalized spacial score (nSPS) is 15.9. The largest absolute Gasteiger partial charge is 0.361 e. The van der Waals surface area contributed by atoms with Gasteiger partial charge in [0.25, 0.3) is 0 Å². The minimum Gasteiger partial charge on any atom is -0.361 e. The number of rotatable bonds is 6. The van der Waals surface area contributed by atoms with Crippen LogP contribution in [0.25, 0.3) is 10.9 Å². The summed E-state index contributed by atoms with van der Waals surface area (Å²) in [5, 5.41) is 5.08. The molecule has 3 nitrogen and oxygen atoms in total. The van der Waals surface area contributed by atoms with Gasteiger partial charge in [0.15, 0.2) is 0 Å². The van der Waals surface area contributed by atoms with Crippen molar-refractivity contribution in [3.63, 3.8) is 0 Å². The van der Waals surface area contributed by atoms with Crippen molar-refractivity contribution >= 4 is 28.4 Å². The number of amides is 1. The van der Waals surface area contributed by atoms with Crippen LogP contribution in [-0.2, 0) is 4.79 Å². The maximum absolute atomic E-state index is 12.5. The number of hydrogen-bond acceptors (Lipinski definition) is 1. The quantitative estimate of drug-likeness (QED) is 0.570. The van der Waals surface area contributed by atoms with E-state index in [9.17, 15) is 4.79 Å². The summed E-state index contributed by atoms with van der Waals surface area (Å²) in [7, 11) is 0. The average molecular weight is 381 g/mol. The van der Waals surface area contributed by atoms with Crippen molar-refractivity contribution in [2.24, 2.45) is 5.92 Å². The van der Waals surface area contributed by atoms with Gasteiger partial charge in [-0.05, 0) is 42.0 Å². The van der Waals surface area contributed by atoms with E-state index in [0.717, 1.165) is 16.1 Å². The average Bonchev–Trinajstić information content (AvgIpc) is 3.33. The second kappa shape index (κ2) is 8.18. The predicted molar refractivity (Wildman–Crippen MR) is 111 cm³/mol. The number of hydrogen-bond donors (Lipinski definition) is 2. The van der Waals surface area contributed by atoms with Crippen molar-refractivity contribution in [2.45, 2.75) is 38.0 Å². The molecule has 0 bridgehead atoms. The third-order valence-corrected chi connectivity index (χ3v) is 6.07. The molecule has 1 aromatic heterocycles. The molecular weight excluding hydrogens is 356 g/mol. The van der Waals surface area contributed by atoms with Crippen LogP contribution in [0.1, 0.15) is 49.1 Å². The second-order valence-electron chi connectivity index (χ2n) is 7.52. The topological polar surface area (TPSA) is 44.9 Å². The molecule has 4 heteroatoms. The van der Waals surface area contributed by atoms with E-state index in [1.54, 1.807) is 0 Å². The van der Waals surface area contributed by atoms with Crippen molar-refractivity contribution in [1.29, 1.82) is 0 Å². The van der Waals surface area contributed by atoms with Crippen molar-refractivity contribution in [1.82, 2.24) is 10.3 Å². The number of fused-ring (bicyclic) bond motifs is 1. The summed E-state index contributed by atoms with van der Waals surface area (Å²) >= 11 is 6.52. The molecule has 1 atom stereocenters. The van der Waals surface area contributed by atoms with E-state index < -0.39 is 0 Å². The molecule has 1 amide bonds. The fourth-order valence-electron chi connectivity index (χ4n) is 4.29. The number of H-pyrrole nitrogens is 1.